The molecule has 8 rings (SSSR count). The minimum Gasteiger partial charge on any atom is -0.0985 e. The molecule has 0 aromatic heterocycles. The van der Waals surface area contributed by atoms with E-state index in [1.165, 1.54) is 88.0 Å². The predicted octanol–water partition coefficient (Wildman–Crippen LogP) is 13.0. The number of rotatable bonds is 6. The lowest BCUT2D eigenvalue weighted by Gasteiger charge is -2.20. The van der Waals surface area contributed by atoms with Crippen LogP contribution < -0.4 is 0 Å². The van der Waals surface area contributed by atoms with Crippen LogP contribution in [0, 0.1) is 0 Å². The first-order valence-electron chi connectivity index (χ1n) is 16.1. The van der Waals surface area contributed by atoms with Crippen LogP contribution in [0.2, 0.25) is 0 Å². The van der Waals surface area contributed by atoms with Gasteiger partial charge in [0.15, 0.2) is 0 Å². The van der Waals surface area contributed by atoms with E-state index in [1.807, 2.05) is 6.08 Å². The zero-order chi connectivity index (χ0) is 31.0. The lowest BCUT2D eigenvalue weighted by Crippen LogP contribution is -1.93. The molecule has 0 unspecified atom stereocenters. The fourth-order valence-electron chi connectivity index (χ4n) is 7.26. The third-order valence-electron chi connectivity index (χ3n) is 9.44. The van der Waals surface area contributed by atoms with Crippen molar-refractivity contribution in [3.05, 3.63) is 175 Å². The molecule has 0 saturated carbocycles. The highest BCUT2D eigenvalue weighted by Gasteiger charge is 2.19. The zero-order valence-corrected chi connectivity index (χ0v) is 26.0. The maximum absolute atomic E-state index is 4.08. The van der Waals surface area contributed by atoms with E-state index >= 15 is 0 Å². The second-order valence-electron chi connectivity index (χ2n) is 12.0. The molecule has 0 atom stereocenters. The van der Waals surface area contributed by atoms with E-state index in [9.17, 15) is 0 Å². The normalized spacial score (nSPS) is 11.3. The fraction of sp³-hybridized carbons (Fsp3) is 0.0435. The molecule has 0 heterocycles. The molecule has 0 heteroatoms. The SMILES string of the molecule is C=Cc1cc(-c2cccc(-c3c4ccccc4c(-c4ccc(-c5ccccc5)c5ccccc45)c4ccccc34)c2)ccc1CC. The summed E-state index contributed by atoms with van der Waals surface area (Å²) in [6.45, 7) is 6.28. The lowest BCUT2D eigenvalue weighted by molar-refractivity contribution is 1.13. The van der Waals surface area contributed by atoms with Gasteiger partial charge in [-0.15, -0.1) is 0 Å². The van der Waals surface area contributed by atoms with Gasteiger partial charge in [0.1, 0.15) is 0 Å². The molecule has 8 aromatic carbocycles. The zero-order valence-electron chi connectivity index (χ0n) is 26.0. The largest absolute Gasteiger partial charge is 0.0985 e. The number of aryl methyl sites for hydroxylation is 1. The molecule has 0 radical (unpaired) electrons. The summed E-state index contributed by atoms with van der Waals surface area (Å²) >= 11 is 0. The Labute approximate surface area is 270 Å². The van der Waals surface area contributed by atoms with Gasteiger partial charge in [-0.2, -0.15) is 0 Å². The van der Waals surface area contributed by atoms with Gasteiger partial charge in [-0.1, -0.05) is 165 Å². The monoisotopic (exact) mass is 586 g/mol. The van der Waals surface area contributed by atoms with Crippen LogP contribution in [-0.2, 0) is 6.42 Å². The topological polar surface area (TPSA) is 0 Å². The van der Waals surface area contributed by atoms with Crippen LogP contribution in [0.25, 0.3) is 82.9 Å². The molecule has 0 spiro atoms. The smallest absolute Gasteiger partial charge is 0.00201 e. The molecular weight excluding hydrogens is 553 g/mol. The Hall–Kier alpha value is -5.72. The summed E-state index contributed by atoms with van der Waals surface area (Å²) < 4.78 is 0. The summed E-state index contributed by atoms with van der Waals surface area (Å²) in [4.78, 5) is 0. The lowest BCUT2D eigenvalue weighted by atomic mass is 9.83. The predicted molar refractivity (Wildman–Crippen MR) is 200 cm³/mol. The molecular formula is C46H34. The van der Waals surface area contributed by atoms with Gasteiger partial charge < -0.3 is 0 Å². The van der Waals surface area contributed by atoms with Crippen LogP contribution in [0.1, 0.15) is 18.1 Å². The van der Waals surface area contributed by atoms with E-state index in [0.717, 1.165) is 6.42 Å². The van der Waals surface area contributed by atoms with Gasteiger partial charge in [0.25, 0.3) is 0 Å². The molecule has 0 bridgehead atoms. The Morgan fingerprint density at radius 3 is 1.54 bits per heavy atom. The second-order valence-corrected chi connectivity index (χ2v) is 12.0. The number of hydrogen-bond donors (Lipinski definition) is 0. The Bertz CT molecular complexity index is 2350. The summed E-state index contributed by atoms with van der Waals surface area (Å²) in [5.41, 5.74) is 12.5. The van der Waals surface area contributed by atoms with E-state index in [0.29, 0.717) is 0 Å². The van der Waals surface area contributed by atoms with Crippen LogP contribution in [0.4, 0.5) is 0 Å². The van der Waals surface area contributed by atoms with Crippen LogP contribution in [0.5, 0.6) is 0 Å². The third kappa shape index (κ3) is 4.62. The molecule has 0 saturated heterocycles. The Morgan fingerprint density at radius 2 is 0.913 bits per heavy atom. The van der Waals surface area contributed by atoms with Crippen LogP contribution >= 0.6 is 0 Å². The van der Waals surface area contributed by atoms with Crippen molar-refractivity contribution < 1.29 is 0 Å². The van der Waals surface area contributed by atoms with E-state index in [4.69, 9.17) is 0 Å². The Balaban J connectivity index is 1.39. The first-order valence-corrected chi connectivity index (χ1v) is 16.1. The summed E-state index contributed by atoms with van der Waals surface area (Å²) in [5, 5.41) is 7.59. The molecule has 46 heavy (non-hydrogen) atoms. The van der Waals surface area contributed by atoms with Gasteiger partial charge in [-0.25, -0.2) is 0 Å². The maximum Gasteiger partial charge on any atom is -0.00201 e. The van der Waals surface area contributed by atoms with Crippen molar-refractivity contribution in [3.8, 4) is 44.5 Å². The van der Waals surface area contributed by atoms with Crippen molar-refractivity contribution in [1.29, 1.82) is 0 Å². The van der Waals surface area contributed by atoms with Crippen LogP contribution in [0.15, 0.2) is 164 Å². The Kier molecular flexibility index (Phi) is 7.04. The fourth-order valence-corrected chi connectivity index (χ4v) is 7.26. The van der Waals surface area contributed by atoms with Crippen molar-refractivity contribution in [2.45, 2.75) is 13.3 Å². The highest BCUT2D eigenvalue weighted by Crippen LogP contribution is 2.46. The molecule has 0 fully saturated rings. The van der Waals surface area contributed by atoms with Crippen LogP contribution in [-0.4, -0.2) is 0 Å². The third-order valence-corrected chi connectivity index (χ3v) is 9.44. The quantitative estimate of drug-likeness (QED) is 0.170. The highest BCUT2D eigenvalue weighted by molar-refractivity contribution is 6.24. The van der Waals surface area contributed by atoms with Crippen molar-refractivity contribution in [1.82, 2.24) is 0 Å². The van der Waals surface area contributed by atoms with E-state index in [2.05, 4.69) is 171 Å². The van der Waals surface area contributed by atoms with Gasteiger partial charge in [0.05, 0.1) is 0 Å². The molecule has 0 aliphatic rings. The van der Waals surface area contributed by atoms with Crippen molar-refractivity contribution >= 4 is 38.4 Å². The minimum atomic E-state index is 0.996. The van der Waals surface area contributed by atoms with Crippen molar-refractivity contribution in [2.24, 2.45) is 0 Å². The minimum absolute atomic E-state index is 0.996. The van der Waals surface area contributed by atoms with E-state index < -0.39 is 0 Å². The first kappa shape index (κ1) is 27.8. The van der Waals surface area contributed by atoms with E-state index in [1.54, 1.807) is 0 Å². The maximum atomic E-state index is 4.08. The molecule has 0 aliphatic heterocycles. The Morgan fingerprint density at radius 1 is 0.413 bits per heavy atom. The van der Waals surface area contributed by atoms with E-state index in [-0.39, 0.29) is 0 Å². The molecule has 8 aromatic rings. The molecule has 0 amide bonds. The molecule has 0 aliphatic carbocycles. The number of fused-ring (bicyclic) bond motifs is 3. The first-order chi connectivity index (χ1) is 22.7. The average Bonchev–Trinajstić information content (AvgIpc) is 3.13. The summed E-state index contributed by atoms with van der Waals surface area (Å²) in [5.74, 6) is 0. The molecule has 0 nitrogen and oxygen atoms in total. The van der Waals surface area contributed by atoms with Gasteiger partial charge in [-0.3, -0.25) is 0 Å². The molecule has 218 valence electrons. The number of benzene rings is 8. The second kappa shape index (κ2) is 11.7. The van der Waals surface area contributed by atoms with Gasteiger partial charge >= 0.3 is 0 Å². The standard InChI is InChI=1S/C46H34/c1-3-31-25-26-35(29-32(31)4-2)34-17-14-18-36(30-34)45-40-21-10-12-23-42(40)46(43-24-13-11-22-41(43)45)44-28-27-37(33-15-6-5-7-16-33)38-19-8-9-20-39(38)44/h4-30H,2-3H2,1H3. The van der Waals surface area contributed by atoms with Crippen LogP contribution in [0.3, 0.4) is 0 Å². The van der Waals surface area contributed by atoms with Gasteiger partial charge in [-0.05, 0) is 107 Å². The van der Waals surface area contributed by atoms with Gasteiger partial charge in [0.2, 0.25) is 0 Å². The summed E-state index contributed by atoms with van der Waals surface area (Å²) in [6, 6.07) is 57.8. The van der Waals surface area contributed by atoms with Gasteiger partial charge in [0, 0.05) is 0 Å². The average molecular weight is 587 g/mol. The number of hydrogen-bond acceptors (Lipinski definition) is 0. The summed E-state index contributed by atoms with van der Waals surface area (Å²) in [7, 11) is 0. The molecule has 0 N–H and O–H groups in total. The van der Waals surface area contributed by atoms with Crippen molar-refractivity contribution in [3.63, 3.8) is 0 Å². The van der Waals surface area contributed by atoms with Crippen molar-refractivity contribution in [2.75, 3.05) is 0 Å². The highest BCUT2D eigenvalue weighted by atomic mass is 14.2. The summed E-state index contributed by atoms with van der Waals surface area (Å²) in [6.07, 6.45) is 2.97.